The van der Waals surface area contributed by atoms with Crippen molar-refractivity contribution in [3.8, 4) is 0 Å². The number of likely N-dealkylation sites (tertiary alicyclic amines) is 1. The molecule has 5 heteroatoms. The van der Waals surface area contributed by atoms with E-state index in [-0.39, 0.29) is 12.0 Å². The maximum Gasteiger partial charge on any atom is 0.236 e. The molecule has 0 aromatic carbocycles. The fourth-order valence-corrected chi connectivity index (χ4v) is 3.69. The van der Waals surface area contributed by atoms with Crippen molar-refractivity contribution in [2.75, 3.05) is 52.4 Å². The van der Waals surface area contributed by atoms with Gasteiger partial charge in [-0.25, -0.2) is 0 Å². The highest BCUT2D eigenvalue weighted by molar-refractivity contribution is 5.78. The number of aliphatic hydroxyl groups excluding tert-OH is 1. The Hall–Kier alpha value is -0.650. The molecule has 120 valence electrons. The van der Waals surface area contributed by atoms with Crippen LogP contribution in [-0.4, -0.2) is 84.2 Å². The molecule has 2 heterocycles. The van der Waals surface area contributed by atoms with Crippen molar-refractivity contribution in [1.82, 2.24) is 14.7 Å². The highest BCUT2D eigenvalue weighted by Crippen LogP contribution is 2.27. The minimum Gasteiger partial charge on any atom is -0.392 e. The van der Waals surface area contributed by atoms with E-state index in [4.69, 9.17) is 0 Å². The van der Waals surface area contributed by atoms with Crippen LogP contribution >= 0.6 is 0 Å². The van der Waals surface area contributed by atoms with E-state index in [1.165, 1.54) is 25.8 Å². The molecule has 1 atom stereocenters. The first-order valence-electron chi connectivity index (χ1n) is 8.61. The van der Waals surface area contributed by atoms with Gasteiger partial charge in [0.25, 0.3) is 0 Å². The lowest BCUT2D eigenvalue weighted by atomic mass is 9.85. The molecule has 0 aromatic rings. The van der Waals surface area contributed by atoms with Gasteiger partial charge in [0.2, 0.25) is 5.91 Å². The molecule has 0 aromatic heterocycles. The van der Waals surface area contributed by atoms with Crippen LogP contribution < -0.4 is 0 Å². The quantitative estimate of drug-likeness (QED) is 0.815. The van der Waals surface area contributed by atoms with Gasteiger partial charge >= 0.3 is 0 Å². The number of carbonyl (C=O) groups excluding carboxylic acids is 1. The van der Waals surface area contributed by atoms with E-state index >= 15 is 0 Å². The van der Waals surface area contributed by atoms with Crippen LogP contribution in [0, 0.1) is 5.92 Å². The number of piperazine rings is 1. The van der Waals surface area contributed by atoms with Gasteiger partial charge in [-0.3, -0.25) is 14.6 Å². The van der Waals surface area contributed by atoms with Crippen molar-refractivity contribution in [3.05, 3.63) is 0 Å². The van der Waals surface area contributed by atoms with E-state index in [9.17, 15) is 9.90 Å². The number of carbonyl (C=O) groups is 1. The third-order valence-corrected chi connectivity index (χ3v) is 5.31. The minimum absolute atomic E-state index is 0.243. The zero-order valence-corrected chi connectivity index (χ0v) is 13.0. The smallest absolute Gasteiger partial charge is 0.236 e. The number of piperidine rings is 1. The Morgan fingerprint density at radius 1 is 0.952 bits per heavy atom. The van der Waals surface area contributed by atoms with Crippen molar-refractivity contribution in [2.24, 2.45) is 5.92 Å². The molecule has 2 aliphatic heterocycles. The zero-order valence-electron chi connectivity index (χ0n) is 13.0. The summed E-state index contributed by atoms with van der Waals surface area (Å²) in [6.07, 6.45) is 5.84. The van der Waals surface area contributed by atoms with E-state index < -0.39 is 0 Å². The van der Waals surface area contributed by atoms with Crippen LogP contribution in [0.5, 0.6) is 0 Å². The van der Waals surface area contributed by atoms with Gasteiger partial charge in [0.1, 0.15) is 0 Å². The van der Waals surface area contributed by atoms with E-state index in [0.29, 0.717) is 13.1 Å². The standard InChI is InChI=1S/C16H29N3O2/c20-15-5-2-6-18(12-15)13-16(21)19-9-7-17(8-10-19)11-14-3-1-4-14/h14-15,20H,1-13H2. The molecule has 2 saturated heterocycles. The lowest BCUT2D eigenvalue weighted by Crippen LogP contribution is -2.53. The summed E-state index contributed by atoms with van der Waals surface area (Å²) in [6.45, 7) is 7.15. The number of aliphatic hydroxyl groups is 1. The zero-order chi connectivity index (χ0) is 14.7. The summed E-state index contributed by atoms with van der Waals surface area (Å²) < 4.78 is 0. The maximum atomic E-state index is 12.4. The molecule has 0 radical (unpaired) electrons. The number of nitrogens with zero attached hydrogens (tertiary/aromatic N) is 3. The monoisotopic (exact) mass is 295 g/mol. The van der Waals surface area contributed by atoms with E-state index in [0.717, 1.165) is 51.5 Å². The molecule has 3 fully saturated rings. The summed E-state index contributed by atoms with van der Waals surface area (Å²) in [6, 6.07) is 0. The average molecular weight is 295 g/mol. The average Bonchev–Trinajstić information content (AvgIpc) is 2.43. The van der Waals surface area contributed by atoms with Crippen LogP contribution in [0.3, 0.4) is 0 Å². The number of β-amino-alcohol motifs (C(OH)–C–C–N with tert-alkyl or cyclic N) is 1. The molecule has 0 bridgehead atoms. The SMILES string of the molecule is O=C(CN1CCCC(O)C1)N1CCN(CC2CCC2)CC1. The van der Waals surface area contributed by atoms with Gasteiger partial charge in [-0.1, -0.05) is 6.42 Å². The topological polar surface area (TPSA) is 47.0 Å². The molecule has 1 unspecified atom stereocenters. The maximum absolute atomic E-state index is 12.4. The summed E-state index contributed by atoms with van der Waals surface area (Å²) in [5.74, 6) is 1.16. The molecule has 1 N–H and O–H groups in total. The molecule has 3 rings (SSSR count). The van der Waals surface area contributed by atoms with E-state index in [2.05, 4.69) is 9.80 Å². The van der Waals surface area contributed by atoms with Crippen molar-refractivity contribution < 1.29 is 9.90 Å². The van der Waals surface area contributed by atoms with Crippen molar-refractivity contribution in [2.45, 2.75) is 38.2 Å². The Labute approximate surface area is 127 Å². The second kappa shape index (κ2) is 7.07. The molecule has 1 saturated carbocycles. The normalized spacial score (nSPS) is 29.4. The van der Waals surface area contributed by atoms with Gasteiger partial charge < -0.3 is 10.0 Å². The van der Waals surface area contributed by atoms with Crippen LogP contribution in [-0.2, 0) is 4.79 Å². The first-order valence-corrected chi connectivity index (χ1v) is 8.61. The summed E-state index contributed by atoms with van der Waals surface area (Å²) in [4.78, 5) is 19.0. The summed E-state index contributed by atoms with van der Waals surface area (Å²) >= 11 is 0. The lowest BCUT2D eigenvalue weighted by Gasteiger charge is -2.39. The predicted octanol–water partition coefficient (Wildman–Crippen LogP) is 0.387. The predicted molar refractivity (Wildman–Crippen MR) is 82.0 cm³/mol. The first-order chi connectivity index (χ1) is 10.2. The second-order valence-corrected chi connectivity index (χ2v) is 7.01. The van der Waals surface area contributed by atoms with Crippen molar-refractivity contribution >= 4 is 5.91 Å². The fraction of sp³-hybridized carbons (Fsp3) is 0.938. The Balaban J connectivity index is 1.37. The van der Waals surface area contributed by atoms with Gasteiger partial charge in [-0.15, -0.1) is 0 Å². The summed E-state index contributed by atoms with van der Waals surface area (Å²) in [7, 11) is 0. The van der Waals surface area contributed by atoms with Crippen LogP contribution in [0.2, 0.25) is 0 Å². The molecule has 5 nitrogen and oxygen atoms in total. The Kier molecular flexibility index (Phi) is 5.14. The Morgan fingerprint density at radius 3 is 2.33 bits per heavy atom. The number of hydrogen-bond acceptors (Lipinski definition) is 4. The lowest BCUT2D eigenvalue weighted by molar-refractivity contribution is -0.135. The summed E-state index contributed by atoms with van der Waals surface area (Å²) in [5, 5.41) is 9.68. The van der Waals surface area contributed by atoms with Gasteiger partial charge in [-0.05, 0) is 38.1 Å². The number of rotatable bonds is 4. The van der Waals surface area contributed by atoms with Crippen molar-refractivity contribution in [3.63, 3.8) is 0 Å². The van der Waals surface area contributed by atoms with Gasteiger partial charge in [0, 0.05) is 39.3 Å². The molecule has 1 amide bonds. The third kappa shape index (κ3) is 4.18. The molecular weight excluding hydrogens is 266 g/mol. The third-order valence-electron chi connectivity index (χ3n) is 5.31. The second-order valence-electron chi connectivity index (χ2n) is 7.01. The Morgan fingerprint density at radius 2 is 1.71 bits per heavy atom. The van der Waals surface area contributed by atoms with Crippen LogP contribution in [0.4, 0.5) is 0 Å². The Bertz CT molecular complexity index is 351. The van der Waals surface area contributed by atoms with E-state index in [1.54, 1.807) is 0 Å². The van der Waals surface area contributed by atoms with Crippen molar-refractivity contribution in [1.29, 1.82) is 0 Å². The minimum atomic E-state index is -0.245. The fourth-order valence-electron chi connectivity index (χ4n) is 3.69. The van der Waals surface area contributed by atoms with Crippen LogP contribution in [0.1, 0.15) is 32.1 Å². The van der Waals surface area contributed by atoms with Crippen LogP contribution in [0.15, 0.2) is 0 Å². The summed E-state index contributed by atoms with van der Waals surface area (Å²) in [5.41, 5.74) is 0. The van der Waals surface area contributed by atoms with E-state index in [1.807, 2.05) is 4.90 Å². The number of hydrogen-bond donors (Lipinski definition) is 1. The molecule has 0 spiro atoms. The highest BCUT2D eigenvalue weighted by atomic mass is 16.3. The van der Waals surface area contributed by atoms with Gasteiger partial charge in [0.05, 0.1) is 12.6 Å². The van der Waals surface area contributed by atoms with Gasteiger partial charge in [0.15, 0.2) is 0 Å². The van der Waals surface area contributed by atoms with Crippen LogP contribution in [0.25, 0.3) is 0 Å². The molecule has 21 heavy (non-hydrogen) atoms. The molecule has 1 aliphatic carbocycles. The molecular formula is C16H29N3O2. The largest absolute Gasteiger partial charge is 0.392 e. The highest BCUT2D eigenvalue weighted by Gasteiger charge is 2.27. The first kappa shape index (κ1) is 15.3. The number of amides is 1. The molecule has 3 aliphatic rings. The van der Waals surface area contributed by atoms with Gasteiger partial charge in [-0.2, -0.15) is 0 Å².